The topological polar surface area (TPSA) is 29.5 Å². The Morgan fingerprint density at radius 1 is 0.654 bits per heavy atom. The predicted molar refractivity (Wildman–Crippen MR) is 116 cm³/mol. The zero-order valence-corrected chi connectivity index (χ0v) is 18.8. The van der Waals surface area contributed by atoms with Gasteiger partial charge in [-0.2, -0.15) is 0 Å². The van der Waals surface area contributed by atoms with Gasteiger partial charge in [0.25, 0.3) is 0 Å². The molecule has 0 aliphatic heterocycles. The van der Waals surface area contributed by atoms with Crippen molar-refractivity contribution >= 4 is 5.97 Å². The van der Waals surface area contributed by atoms with E-state index in [4.69, 9.17) is 0 Å². The average molecular weight is 372 g/mol. The van der Waals surface area contributed by atoms with Crippen LogP contribution in [-0.2, 0) is 9.53 Å². The molecule has 0 amide bonds. The van der Waals surface area contributed by atoms with Gasteiger partial charge in [-0.15, -0.1) is 0 Å². The van der Waals surface area contributed by atoms with Crippen molar-refractivity contribution in [2.24, 2.45) is 0 Å². The largest absolute Gasteiger partial charge is 0.466 e. The molecule has 0 aromatic heterocycles. The van der Waals surface area contributed by atoms with Crippen LogP contribution in [0.2, 0.25) is 0 Å². The fourth-order valence-electron chi connectivity index (χ4n) is 3.00. The first kappa shape index (κ1) is 27.6. The summed E-state index contributed by atoms with van der Waals surface area (Å²) >= 11 is 0. The van der Waals surface area contributed by atoms with Gasteiger partial charge in [-0.05, 0) is 34.0 Å². The molecule has 0 aromatic rings. The third kappa shape index (κ3) is 31.2. The van der Waals surface area contributed by atoms with Crippen LogP contribution in [0.15, 0.2) is 0 Å². The lowest BCUT2D eigenvalue weighted by Gasteiger charge is -2.08. The molecular weight excluding hydrogens is 322 g/mol. The van der Waals surface area contributed by atoms with Crippen molar-refractivity contribution in [1.82, 2.24) is 4.90 Å². The third-order valence-corrected chi connectivity index (χ3v) is 4.56. The van der Waals surface area contributed by atoms with E-state index in [1.807, 2.05) is 0 Å². The number of hydrogen-bond donors (Lipinski definition) is 0. The Kier molecular flexibility index (Phi) is 26.0. The molecule has 0 unspecified atom stereocenters. The van der Waals surface area contributed by atoms with Gasteiger partial charge < -0.3 is 9.64 Å². The Morgan fingerprint density at radius 3 is 1.23 bits per heavy atom. The highest BCUT2D eigenvalue weighted by atomic mass is 16.5. The van der Waals surface area contributed by atoms with E-state index in [1.165, 1.54) is 110 Å². The molecule has 3 heteroatoms. The molecule has 0 saturated carbocycles. The van der Waals surface area contributed by atoms with Crippen molar-refractivity contribution in [2.75, 3.05) is 27.2 Å². The summed E-state index contributed by atoms with van der Waals surface area (Å²) in [6.45, 7) is 7.21. The highest BCUT2D eigenvalue weighted by Crippen LogP contribution is 2.13. The van der Waals surface area contributed by atoms with Gasteiger partial charge in [0.15, 0.2) is 0 Å². The normalized spacial score (nSPS) is 10.5. The van der Waals surface area contributed by atoms with Crippen molar-refractivity contribution in [3.05, 3.63) is 0 Å². The summed E-state index contributed by atoms with van der Waals surface area (Å²) in [5.41, 5.74) is 0. The molecular formula is C23H49NO2. The molecule has 0 saturated heterocycles. The highest BCUT2D eigenvalue weighted by Gasteiger charge is 1.94. The van der Waals surface area contributed by atoms with Crippen LogP contribution >= 0.6 is 0 Å². The van der Waals surface area contributed by atoms with Gasteiger partial charge in [0.2, 0.25) is 0 Å². The van der Waals surface area contributed by atoms with Crippen LogP contribution in [0.4, 0.5) is 0 Å². The van der Waals surface area contributed by atoms with Crippen molar-refractivity contribution in [3.63, 3.8) is 0 Å². The molecule has 0 aliphatic carbocycles. The second-order valence-electron chi connectivity index (χ2n) is 7.68. The summed E-state index contributed by atoms with van der Waals surface area (Å²) < 4.78 is 4.40. The van der Waals surface area contributed by atoms with Gasteiger partial charge in [-0.25, -0.2) is 0 Å². The first-order chi connectivity index (χ1) is 12.5. The first-order valence-corrected chi connectivity index (χ1v) is 11.3. The molecule has 0 N–H and O–H groups in total. The van der Waals surface area contributed by atoms with Crippen LogP contribution in [-0.4, -0.2) is 38.1 Å². The lowest BCUT2D eigenvalue weighted by atomic mass is 10.0. The van der Waals surface area contributed by atoms with E-state index in [9.17, 15) is 4.79 Å². The van der Waals surface area contributed by atoms with Crippen molar-refractivity contribution < 1.29 is 9.53 Å². The van der Waals surface area contributed by atoms with Crippen LogP contribution in [0.3, 0.4) is 0 Å². The van der Waals surface area contributed by atoms with E-state index in [0.717, 1.165) is 0 Å². The summed E-state index contributed by atoms with van der Waals surface area (Å²) in [6.07, 6.45) is 21.8. The zero-order chi connectivity index (χ0) is 19.9. The monoisotopic (exact) mass is 371 g/mol. The van der Waals surface area contributed by atoms with Crippen molar-refractivity contribution in [1.29, 1.82) is 0 Å². The number of carbonyl (C=O) groups excluding carboxylic acids is 1. The Hall–Kier alpha value is -0.570. The second kappa shape index (κ2) is 24.4. The number of esters is 1. The molecule has 0 spiro atoms. The third-order valence-electron chi connectivity index (χ3n) is 4.56. The zero-order valence-electron chi connectivity index (χ0n) is 18.8. The Morgan fingerprint density at radius 2 is 1.00 bits per heavy atom. The van der Waals surface area contributed by atoms with Gasteiger partial charge in [0.1, 0.15) is 0 Å². The van der Waals surface area contributed by atoms with Gasteiger partial charge in [0.05, 0.1) is 6.61 Å². The SMILES string of the molecule is CCCCCCCCCCCCCCCCCN(C)C.CCOC(C)=O. The lowest BCUT2D eigenvalue weighted by Crippen LogP contribution is -2.12. The maximum absolute atomic E-state index is 9.82. The summed E-state index contributed by atoms with van der Waals surface area (Å²) in [6, 6.07) is 0. The molecule has 0 bridgehead atoms. The van der Waals surface area contributed by atoms with E-state index in [-0.39, 0.29) is 5.97 Å². The van der Waals surface area contributed by atoms with Gasteiger partial charge in [-0.3, -0.25) is 4.79 Å². The number of hydrogen-bond acceptors (Lipinski definition) is 3. The molecule has 3 nitrogen and oxygen atoms in total. The van der Waals surface area contributed by atoms with Gasteiger partial charge in [0, 0.05) is 6.92 Å². The van der Waals surface area contributed by atoms with Gasteiger partial charge >= 0.3 is 5.97 Å². The van der Waals surface area contributed by atoms with E-state index in [0.29, 0.717) is 6.61 Å². The number of ether oxygens (including phenoxy) is 1. The van der Waals surface area contributed by atoms with Crippen LogP contribution < -0.4 is 0 Å². The minimum absolute atomic E-state index is 0.211. The first-order valence-electron chi connectivity index (χ1n) is 11.3. The number of unbranched alkanes of at least 4 members (excludes halogenated alkanes) is 14. The highest BCUT2D eigenvalue weighted by molar-refractivity contribution is 5.65. The fraction of sp³-hybridized carbons (Fsp3) is 0.957. The van der Waals surface area contributed by atoms with Crippen molar-refractivity contribution in [3.8, 4) is 0 Å². The summed E-state index contributed by atoms with van der Waals surface area (Å²) in [5, 5.41) is 0. The van der Waals surface area contributed by atoms with E-state index >= 15 is 0 Å². The van der Waals surface area contributed by atoms with Crippen LogP contribution in [0, 0.1) is 0 Å². The molecule has 0 aliphatic rings. The van der Waals surface area contributed by atoms with Crippen LogP contribution in [0.25, 0.3) is 0 Å². The molecule has 0 rings (SSSR count). The quantitative estimate of drug-likeness (QED) is 0.204. The molecule has 0 fully saturated rings. The number of carbonyl (C=O) groups is 1. The molecule has 0 aromatic carbocycles. The van der Waals surface area contributed by atoms with Crippen LogP contribution in [0.5, 0.6) is 0 Å². The summed E-state index contributed by atoms with van der Waals surface area (Å²) in [7, 11) is 4.34. The van der Waals surface area contributed by atoms with E-state index in [2.05, 4.69) is 30.7 Å². The Bertz CT molecular complexity index is 267. The predicted octanol–water partition coefficient (Wildman–Crippen LogP) is 6.99. The number of rotatable bonds is 17. The molecule has 158 valence electrons. The lowest BCUT2D eigenvalue weighted by molar-refractivity contribution is -0.140. The Labute approximate surface area is 165 Å². The molecule has 0 heterocycles. The fourth-order valence-corrected chi connectivity index (χ4v) is 3.00. The molecule has 26 heavy (non-hydrogen) atoms. The smallest absolute Gasteiger partial charge is 0.302 e. The number of nitrogens with zero attached hydrogens (tertiary/aromatic N) is 1. The van der Waals surface area contributed by atoms with Gasteiger partial charge in [-0.1, -0.05) is 96.8 Å². The summed E-state index contributed by atoms with van der Waals surface area (Å²) in [5.74, 6) is -0.211. The maximum atomic E-state index is 9.82. The molecule has 0 radical (unpaired) electrons. The second-order valence-corrected chi connectivity index (χ2v) is 7.68. The van der Waals surface area contributed by atoms with E-state index in [1.54, 1.807) is 6.92 Å². The Balaban J connectivity index is 0. The maximum Gasteiger partial charge on any atom is 0.302 e. The standard InChI is InChI=1S/C19H41N.C4H8O2/c1-4-5-6-7-8-9-10-11-12-13-14-15-16-17-18-19-20(2)3;1-3-6-4(2)5/h4-19H2,1-3H3;3H2,1-2H3. The minimum atomic E-state index is -0.211. The minimum Gasteiger partial charge on any atom is -0.466 e. The van der Waals surface area contributed by atoms with E-state index < -0.39 is 0 Å². The van der Waals surface area contributed by atoms with Crippen molar-refractivity contribution in [2.45, 2.75) is 117 Å². The molecule has 0 atom stereocenters. The van der Waals surface area contributed by atoms with Crippen LogP contribution in [0.1, 0.15) is 117 Å². The average Bonchev–Trinajstić information content (AvgIpc) is 2.58. The summed E-state index contributed by atoms with van der Waals surface area (Å²) in [4.78, 5) is 12.1.